The van der Waals surface area contributed by atoms with E-state index in [1.54, 1.807) is 0 Å². The van der Waals surface area contributed by atoms with Gasteiger partial charge in [-0.25, -0.2) is 0 Å². The third-order valence-corrected chi connectivity index (χ3v) is 4.59. The summed E-state index contributed by atoms with van der Waals surface area (Å²) >= 11 is 0. The van der Waals surface area contributed by atoms with Crippen molar-refractivity contribution in [2.45, 2.75) is 51.0 Å². The fourth-order valence-electron chi connectivity index (χ4n) is 1.78. The highest BCUT2D eigenvalue weighted by atomic mass is 32.2. The van der Waals surface area contributed by atoms with E-state index in [0.29, 0.717) is 0 Å². The van der Waals surface area contributed by atoms with Crippen LogP contribution in [0.15, 0.2) is 4.40 Å². The van der Waals surface area contributed by atoms with Crippen LogP contribution in [-0.2, 0) is 10.0 Å². The molecule has 0 rings (SSSR count). The summed E-state index contributed by atoms with van der Waals surface area (Å²) in [6.45, 7) is 5.32. The molecule has 0 bridgehead atoms. The second kappa shape index (κ2) is 7.43. The van der Waals surface area contributed by atoms with E-state index in [2.05, 4.69) is 4.40 Å². The summed E-state index contributed by atoms with van der Waals surface area (Å²) in [5.41, 5.74) is 0. The summed E-state index contributed by atoms with van der Waals surface area (Å²) < 4.78 is 141. The van der Waals surface area contributed by atoms with Gasteiger partial charge in [0.15, 0.2) is 0 Å². The molecule has 0 aliphatic rings. The molecule has 14 heteroatoms. The van der Waals surface area contributed by atoms with Gasteiger partial charge in [0.1, 0.15) is 5.84 Å². The Morgan fingerprint density at radius 2 is 1.27 bits per heavy atom. The predicted octanol–water partition coefficient (Wildman–Crippen LogP) is 4.14. The van der Waals surface area contributed by atoms with Crippen LogP contribution in [0.4, 0.5) is 39.5 Å². The maximum absolute atomic E-state index is 13.7. The van der Waals surface area contributed by atoms with Crippen LogP contribution in [0.1, 0.15) is 27.7 Å². The number of rotatable bonds is 7. The van der Waals surface area contributed by atoms with E-state index in [4.69, 9.17) is 0 Å². The minimum absolute atomic E-state index is 0.0102. The van der Waals surface area contributed by atoms with Crippen molar-refractivity contribution in [2.75, 3.05) is 13.1 Å². The molecule has 0 fully saturated rings. The van der Waals surface area contributed by atoms with Crippen molar-refractivity contribution in [2.24, 2.45) is 10.3 Å². The third kappa shape index (κ3) is 4.03. The van der Waals surface area contributed by atoms with Gasteiger partial charge >= 0.3 is 33.3 Å². The summed E-state index contributed by atoms with van der Waals surface area (Å²) in [5, 5.41) is -6.81. The Morgan fingerprint density at radius 1 is 0.885 bits per heavy atom. The second-order valence-corrected chi connectivity index (χ2v) is 7.06. The summed E-state index contributed by atoms with van der Waals surface area (Å²) in [6, 6.07) is 0. The molecule has 0 amide bonds. The average Bonchev–Trinajstić information content (AvgIpc) is 2.45. The lowest BCUT2D eigenvalue weighted by atomic mass is 10.1. The van der Waals surface area contributed by atoms with E-state index in [0.717, 1.165) is 4.90 Å². The van der Waals surface area contributed by atoms with Gasteiger partial charge in [-0.15, -0.1) is 4.40 Å². The van der Waals surface area contributed by atoms with Gasteiger partial charge in [-0.2, -0.15) is 47.9 Å². The molecule has 0 spiro atoms. The zero-order valence-electron chi connectivity index (χ0n) is 14.0. The maximum atomic E-state index is 13.7. The molecular weight excluding hydrogens is 407 g/mol. The second-order valence-electron chi connectivity index (χ2n) is 5.41. The molecule has 0 aliphatic heterocycles. The van der Waals surface area contributed by atoms with E-state index in [1.165, 1.54) is 27.7 Å². The first-order valence-corrected chi connectivity index (χ1v) is 8.55. The topological polar surface area (TPSA) is 49.7 Å². The van der Waals surface area contributed by atoms with E-state index in [-0.39, 0.29) is 13.1 Å². The highest BCUT2D eigenvalue weighted by Gasteiger charge is 2.85. The molecule has 0 aromatic heterocycles. The fourth-order valence-corrected chi connectivity index (χ4v) is 2.92. The molecule has 156 valence electrons. The Balaban J connectivity index is 6.46. The van der Waals surface area contributed by atoms with E-state index in [9.17, 15) is 47.9 Å². The van der Waals surface area contributed by atoms with Gasteiger partial charge in [0.25, 0.3) is 0 Å². The largest absolute Gasteiger partial charge is 0.460 e. The van der Waals surface area contributed by atoms with Gasteiger partial charge in [-0.3, -0.25) is 0 Å². The molecule has 0 aliphatic carbocycles. The Labute approximate surface area is 144 Å². The molecule has 0 N–H and O–H groups in total. The zero-order chi connectivity index (χ0) is 21.4. The van der Waals surface area contributed by atoms with Crippen LogP contribution in [0.5, 0.6) is 0 Å². The lowest BCUT2D eigenvalue weighted by Crippen LogP contribution is -2.63. The number of halogens is 9. The van der Waals surface area contributed by atoms with E-state index in [1.807, 2.05) is 0 Å². The van der Waals surface area contributed by atoms with Crippen LogP contribution in [-0.4, -0.2) is 55.5 Å². The smallest absolute Gasteiger partial charge is 0.360 e. The molecule has 0 atom stereocenters. The lowest BCUT2D eigenvalue weighted by Gasteiger charge is -2.32. The Kier molecular flexibility index (Phi) is 7.08. The zero-order valence-corrected chi connectivity index (χ0v) is 14.8. The molecular formula is C12H17F9N2O2S. The number of alkyl halides is 9. The Bertz CT molecular complexity index is 623. The van der Waals surface area contributed by atoms with Crippen LogP contribution in [0.2, 0.25) is 0 Å². The van der Waals surface area contributed by atoms with Crippen LogP contribution in [0.3, 0.4) is 0 Å². The molecule has 0 saturated heterocycles. The van der Waals surface area contributed by atoms with E-state index < -0.39 is 45.1 Å². The van der Waals surface area contributed by atoms with Gasteiger partial charge in [0.2, 0.25) is 0 Å². The van der Waals surface area contributed by atoms with Crippen molar-refractivity contribution in [3.8, 4) is 0 Å². The van der Waals surface area contributed by atoms with Crippen molar-refractivity contribution < 1.29 is 47.9 Å². The molecule has 0 heterocycles. The average molecular weight is 424 g/mol. The molecule has 26 heavy (non-hydrogen) atoms. The number of hydrogen-bond acceptors (Lipinski definition) is 2. The van der Waals surface area contributed by atoms with Crippen molar-refractivity contribution in [1.82, 2.24) is 4.90 Å². The summed E-state index contributed by atoms with van der Waals surface area (Å²) in [4.78, 5) is 1.05. The van der Waals surface area contributed by atoms with Crippen LogP contribution in [0, 0.1) is 5.92 Å². The van der Waals surface area contributed by atoms with Crippen LogP contribution in [0.25, 0.3) is 0 Å². The first kappa shape index (κ1) is 24.8. The standard InChI is InChI=1S/C12H17F9N2O2S/c1-5-23(6-2)8(7(3)4)22-26(24,25)12(20,21)10(15,16)9(13,14)11(17,18)19/h7H,5-6H2,1-4H3. The van der Waals surface area contributed by atoms with Crippen molar-refractivity contribution in [3.05, 3.63) is 0 Å². The van der Waals surface area contributed by atoms with Crippen LogP contribution >= 0.6 is 0 Å². The lowest BCUT2D eigenvalue weighted by molar-refractivity contribution is -0.382. The van der Waals surface area contributed by atoms with Gasteiger partial charge in [-0.1, -0.05) is 13.8 Å². The summed E-state index contributed by atoms with van der Waals surface area (Å²) in [6.07, 6.45) is -7.11. The molecule has 0 aromatic carbocycles. The number of amidine groups is 1. The normalized spacial score (nSPS) is 15.5. The molecule has 0 saturated carbocycles. The fraction of sp³-hybridized carbons (Fsp3) is 0.917. The molecule has 0 unspecified atom stereocenters. The monoisotopic (exact) mass is 424 g/mol. The Morgan fingerprint density at radius 3 is 1.54 bits per heavy atom. The molecule has 0 radical (unpaired) electrons. The molecule has 0 aromatic rings. The van der Waals surface area contributed by atoms with Crippen molar-refractivity contribution in [1.29, 1.82) is 0 Å². The highest BCUT2D eigenvalue weighted by Crippen LogP contribution is 2.55. The maximum Gasteiger partial charge on any atom is 0.460 e. The van der Waals surface area contributed by atoms with Crippen LogP contribution < -0.4 is 0 Å². The van der Waals surface area contributed by atoms with E-state index >= 15 is 0 Å². The minimum atomic E-state index is -7.31. The first-order chi connectivity index (χ1) is 11.3. The van der Waals surface area contributed by atoms with Crippen molar-refractivity contribution >= 4 is 15.9 Å². The quantitative estimate of drug-likeness (QED) is 0.351. The first-order valence-electron chi connectivity index (χ1n) is 7.11. The summed E-state index contributed by atoms with van der Waals surface area (Å²) in [7, 11) is -6.79. The van der Waals surface area contributed by atoms with Gasteiger partial charge in [0, 0.05) is 19.0 Å². The molecule has 4 nitrogen and oxygen atoms in total. The Hall–Kier alpha value is -1.21. The predicted molar refractivity (Wildman–Crippen MR) is 75.0 cm³/mol. The van der Waals surface area contributed by atoms with Gasteiger partial charge < -0.3 is 4.90 Å². The SMILES string of the molecule is CCN(CC)C(=NS(=O)(=O)C(F)(F)C(F)(F)C(F)(F)C(F)(F)F)C(C)C. The third-order valence-electron chi connectivity index (χ3n) is 3.26. The van der Waals surface area contributed by atoms with Gasteiger partial charge in [0.05, 0.1) is 0 Å². The highest BCUT2D eigenvalue weighted by molar-refractivity contribution is 7.91. The summed E-state index contributed by atoms with van der Waals surface area (Å²) in [5.74, 6) is -16.2. The minimum Gasteiger partial charge on any atom is -0.360 e. The number of sulfonamides is 1. The number of hydrogen-bond donors (Lipinski definition) is 0. The van der Waals surface area contributed by atoms with Crippen molar-refractivity contribution in [3.63, 3.8) is 0 Å². The number of nitrogens with zero attached hydrogens (tertiary/aromatic N) is 2. The van der Waals surface area contributed by atoms with Gasteiger partial charge in [-0.05, 0) is 13.8 Å².